The molecule has 1 saturated carbocycles. The van der Waals surface area contributed by atoms with Crippen molar-refractivity contribution in [1.82, 2.24) is 0 Å². The number of rotatable bonds is 2. The van der Waals surface area contributed by atoms with Gasteiger partial charge in [0.05, 0.1) is 4.99 Å². The molecule has 0 aromatic heterocycles. The predicted molar refractivity (Wildman–Crippen MR) is 54.1 cm³/mol. The maximum atomic E-state index is 12.6. The molecule has 0 spiro atoms. The van der Waals surface area contributed by atoms with Crippen molar-refractivity contribution in [2.24, 2.45) is 5.73 Å². The molecule has 0 atom stereocenters. The quantitative estimate of drug-likeness (QED) is 0.732. The average Bonchev–Trinajstić information content (AvgIpc) is 2.86. The Labute approximate surface area is 81.7 Å². The Morgan fingerprint density at radius 3 is 2.23 bits per heavy atom. The van der Waals surface area contributed by atoms with Crippen molar-refractivity contribution in [2.45, 2.75) is 18.3 Å². The number of benzene rings is 1. The second-order valence-electron chi connectivity index (χ2n) is 3.45. The van der Waals surface area contributed by atoms with Crippen molar-refractivity contribution in [2.75, 3.05) is 0 Å². The highest BCUT2D eigenvalue weighted by atomic mass is 32.1. The molecule has 0 aliphatic heterocycles. The maximum Gasteiger partial charge on any atom is 0.123 e. The zero-order valence-electron chi connectivity index (χ0n) is 7.09. The Kier molecular flexibility index (Phi) is 1.84. The van der Waals surface area contributed by atoms with Crippen molar-refractivity contribution in [3.8, 4) is 0 Å². The summed E-state index contributed by atoms with van der Waals surface area (Å²) in [6.45, 7) is 0. The highest BCUT2D eigenvalue weighted by molar-refractivity contribution is 7.80. The van der Waals surface area contributed by atoms with Gasteiger partial charge in [0.2, 0.25) is 0 Å². The van der Waals surface area contributed by atoms with E-state index in [0.29, 0.717) is 4.99 Å². The Balaban J connectivity index is 2.36. The van der Waals surface area contributed by atoms with Gasteiger partial charge < -0.3 is 5.73 Å². The smallest absolute Gasteiger partial charge is 0.123 e. The van der Waals surface area contributed by atoms with Crippen molar-refractivity contribution < 1.29 is 4.39 Å². The van der Waals surface area contributed by atoms with Gasteiger partial charge in [0.25, 0.3) is 0 Å². The monoisotopic (exact) mass is 195 g/mol. The fraction of sp³-hybridized carbons (Fsp3) is 0.300. The van der Waals surface area contributed by atoms with E-state index >= 15 is 0 Å². The molecule has 1 aromatic rings. The predicted octanol–water partition coefficient (Wildman–Crippen LogP) is 2.14. The first-order chi connectivity index (χ1) is 6.15. The number of hydrogen-bond acceptors (Lipinski definition) is 1. The Hall–Kier alpha value is -0.960. The normalized spacial score (nSPS) is 18.2. The minimum Gasteiger partial charge on any atom is -0.393 e. The largest absolute Gasteiger partial charge is 0.393 e. The van der Waals surface area contributed by atoms with Crippen LogP contribution in [0.15, 0.2) is 24.3 Å². The first-order valence-electron chi connectivity index (χ1n) is 4.21. The summed E-state index contributed by atoms with van der Waals surface area (Å²) in [4.78, 5) is 0.527. The third-order valence-electron chi connectivity index (χ3n) is 2.62. The standard InChI is InChI=1S/C10H10FNS/c11-8-3-1-7(2-4-8)10(5-6-10)9(12)13/h1-4H,5-6H2,(H2,12,13). The molecule has 1 aromatic carbocycles. The van der Waals surface area contributed by atoms with Gasteiger partial charge in [0, 0.05) is 5.41 Å². The Bertz CT molecular complexity index is 340. The van der Waals surface area contributed by atoms with E-state index in [4.69, 9.17) is 18.0 Å². The van der Waals surface area contributed by atoms with Gasteiger partial charge in [0.15, 0.2) is 0 Å². The van der Waals surface area contributed by atoms with Crippen LogP contribution in [0.1, 0.15) is 18.4 Å². The van der Waals surface area contributed by atoms with Gasteiger partial charge in [-0.25, -0.2) is 4.39 Å². The Morgan fingerprint density at radius 2 is 1.85 bits per heavy atom. The zero-order chi connectivity index (χ0) is 9.47. The lowest BCUT2D eigenvalue weighted by Gasteiger charge is -2.13. The molecule has 1 fully saturated rings. The highest BCUT2D eigenvalue weighted by Gasteiger charge is 2.47. The van der Waals surface area contributed by atoms with Crippen molar-refractivity contribution in [3.63, 3.8) is 0 Å². The number of hydrogen-bond donors (Lipinski definition) is 1. The lowest BCUT2D eigenvalue weighted by molar-refractivity contribution is 0.626. The van der Waals surface area contributed by atoms with Crippen molar-refractivity contribution in [1.29, 1.82) is 0 Å². The van der Waals surface area contributed by atoms with E-state index in [1.54, 1.807) is 12.1 Å². The fourth-order valence-corrected chi connectivity index (χ4v) is 1.89. The molecule has 0 unspecified atom stereocenters. The highest BCUT2D eigenvalue weighted by Crippen LogP contribution is 2.48. The van der Waals surface area contributed by atoms with Crippen LogP contribution in [0.2, 0.25) is 0 Å². The fourth-order valence-electron chi connectivity index (χ4n) is 1.57. The SMILES string of the molecule is NC(=S)C1(c2ccc(F)cc2)CC1. The van der Waals surface area contributed by atoms with Crippen LogP contribution in [0.5, 0.6) is 0 Å². The Morgan fingerprint density at radius 1 is 1.31 bits per heavy atom. The molecular formula is C10H10FNS. The summed E-state index contributed by atoms with van der Waals surface area (Å²) < 4.78 is 12.6. The molecule has 2 rings (SSSR count). The van der Waals surface area contributed by atoms with Crippen LogP contribution in [-0.2, 0) is 5.41 Å². The molecule has 1 nitrogen and oxygen atoms in total. The van der Waals surface area contributed by atoms with Crippen LogP contribution >= 0.6 is 12.2 Å². The van der Waals surface area contributed by atoms with Crippen molar-refractivity contribution in [3.05, 3.63) is 35.6 Å². The zero-order valence-corrected chi connectivity index (χ0v) is 7.90. The van der Waals surface area contributed by atoms with E-state index in [9.17, 15) is 4.39 Å². The summed E-state index contributed by atoms with van der Waals surface area (Å²) in [6, 6.07) is 6.43. The lowest BCUT2D eigenvalue weighted by atomic mass is 9.96. The average molecular weight is 195 g/mol. The molecular weight excluding hydrogens is 185 g/mol. The molecule has 0 amide bonds. The minimum absolute atomic E-state index is 0.122. The van der Waals surface area contributed by atoms with E-state index in [2.05, 4.69) is 0 Å². The minimum atomic E-state index is -0.220. The van der Waals surface area contributed by atoms with Crippen LogP contribution in [-0.4, -0.2) is 4.99 Å². The lowest BCUT2D eigenvalue weighted by Crippen LogP contribution is -2.26. The molecule has 1 aliphatic carbocycles. The molecule has 0 bridgehead atoms. The van der Waals surface area contributed by atoms with E-state index in [1.807, 2.05) is 0 Å². The van der Waals surface area contributed by atoms with Gasteiger partial charge in [-0.2, -0.15) is 0 Å². The number of nitrogens with two attached hydrogens (primary N) is 1. The van der Waals surface area contributed by atoms with Crippen LogP contribution in [0.3, 0.4) is 0 Å². The summed E-state index contributed by atoms with van der Waals surface area (Å²) in [5.74, 6) is -0.220. The van der Waals surface area contributed by atoms with Crippen LogP contribution < -0.4 is 5.73 Å². The first kappa shape index (κ1) is 8.63. The van der Waals surface area contributed by atoms with Crippen LogP contribution in [0.25, 0.3) is 0 Å². The van der Waals surface area contributed by atoms with E-state index in [0.717, 1.165) is 18.4 Å². The van der Waals surface area contributed by atoms with E-state index in [-0.39, 0.29) is 11.2 Å². The first-order valence-corrected chi connectivity index (χ1v) is 4.62. The van der Waals surface area contributed by atoms with Crippen LogP contribution in [0.4, 0.5) is 4.39 Å². The number of halogens is 1. The van der Waals surface area contributed by atoms with Gasteiger partial charge in [-0.3, -0.25) is 0 Å². The summed E-state index contributed by atoms with van der Waals surface area (Å²) >= 11 is 4.99. The van der Waals surface area contributed by atoms with E-state index < -0.39 is 0 Å². The topological polar surface area (TPSA) is 26.0 Å². The summed E-state index contributed by atoms with van der Waals surface area (Å²) in [5, 5.41) is 0. The number of thiocarbonyl (C=S) groups is 1. The molecule has 0 saturated heterocycles. The molecule has 3 heteroatoms. The third-order valence-corrected chi connectivity index (χ3v) is 3.01. The van der Waals surface area contributed by atoms with Gasteiger partial charge >= 0.3 is 0 Å². The van der Waals surface area contributed by atoms with Gasteiger partial charge in [0.1, 0.15) is 5.82 Å². The summed E-state index contributed by atoms with van der Waals surface area (Å²) in [6.07, 6.45) is 1.99. The van der Waals surface area contributed by atoms with Gasteiger partial charge in [-0.1, -0.05) is 24.4 Å². The van der Waals surface area contributed by atoms with Crippen LogP contribution in [0, 0.1) is 5.82 Å². The maximum absolute atomic E-state index is 12.6. The molecule has 13 heavy (non-hydrogen) atoms. The third kappa shape index (κ3) is 1.33. The van der Waals surface area contributed by atoms with Gasteiger partial charge in [-0.15, -0.1) is 0 Å². The molecule has 0 heterocycles. The molecule has 2 N–H and O–H groups in total. The van der Waals surface area contributed by atoms with E-state index in [1.165, 1.54) is 12.1 Å². The molecule has 0 radical (unpaired) electrons. The summed E-state index contributed by atoms with van der Waals surface area (Å²) in [5.41, 5.74) is 6.56. The molecule has 68 valence electrons. The second-order valence-corrected chi connectivity index (χ2v) is 3.89. The summed E-state index contributed by atoms with van der Waals surface area (Å²) in [7, 11) is 0. The van der Waals surface area contributed by atoms with Gasteiger partial charge in [-0.05, 0) is 30.5 Å². The van der Waals surface area contributed by atoms with Crippen molar-refractivity contribution >= 4 is 17.2 Å². The second kappa shape index (κ2) is 2.77. The molecule has 1 aliphatic rings.